The van der Waals surface area contributed by atoms with E-state index < -0.39 is 0 Å². The number of benzene rings is 3. The zero-order chi connectivity index (χ0) is 19.0. The third-order valence-corrected chi connectivity index (χ3v) is 4.65. The maximum atomic E-state index is 12.8. The van der Waals surface area contributed by atoms with Gasteiger partial charge >= 0.3 is 0 Å². The summed E-state index contributed by atoms with van der Waals surface area (Å²) in [5.74, 6) is 1.09. The Kier molecular flexibility index (Phi) is 4.24. The van der Waals surface area contributed by atoms with Crippen molar-refractivity contribution in [2.24, 2.45) is 0 Å². The zero-order valence-electron chi connectivity index (χ0n) is 15.2. The quantitative estimate of drug-likeness (QED) is 0.587. The maximum Gasteiger partial charge on any atom is 0.266 e. The second kappa shape index (κ2) is 6.72. The van der Waals surface area contributed by atoms with E-state index in [0.717, 1.165) is 11.3 Å². The molecule has 4 rings (SSSR count). The molecule has 3 aromatic rings. The highest BCUT2D eigenvalue weighted by molar-refractivity contribution is 6.34. The SMILES string of the molecule is CC(C)c1ccc2c(c1)C(=O)N(c1ccc(Oc3ccccc3)cc1)C2=O. The molecule has 1 aliphatic heterocycles. The summed E-state index contributed by atoms with van der Waals surface area (Å²) in [5.41, 5.74) is 2.50. The van der Waals surface area contributed by atoms with E-state index in [1.807, 2.05) is 42.5 Å². The monoisotopic (exact) mass is 357 g/mol. The van der Waals surface area contributed by atoms with Gasteiger partial charge in [-0.1, -0.05) is 38.1 Å². The van der Waals surface area contributed by atoms with Gasteiger partial charge in [0, 0.05) is 0 Å². The van der Waals surface area contributed by atoms with Crippen LogP contribution in [0.5, 0.6) is 11.5 Å². The molecule has 3 aromatic carbocycles. The number of rotatable bonds is 4. The summed E-state index contributed by atoms with van der Waals surface area (Å²) >= 11 is 0. The highest BCUT2D eigenvalue weighted by Gasteiger charge is 2.36. The summed E-state index contributed by atoms with van der Waals surface area (Å²) in [7, 11) is 0. The Labute approximate surface area is 158 Å². The van der Waals surface area contributed by atoms with Gasteiger partial charge in [0.2, 0.25) is 0 Å². The number of anilines is 1. The number of ether oxygens (including phenoxy) is 1. The molecule has 0 aromatic heterocycles. The van der Waals surface area contributed by atoms with E-state index >= 15 is 0 Å². The van der Waals surface area contributed by atoms with Gasteiger partial charge in [0.05, 0.1) is 16.8 Å². The average molecular weight is 357 g/mol. The van der Waals surface area contributed by atoms with Crippen molar-refractivity contribution >= 4 is 17.5 Å². The van der Waals surface area contributed by atoms with Crippen molar-refractivity contribution in [3.63, 3.8) is 0 Å². The third-order valence-electron chi connectivity index (χ3n) is 4.65. The van der Waals surface area contributed by atoms with E-state index in [9.17, 15) is 9.59 Å². The van der Waals surface area contributed by atoms with Gasteiger partial charge in [0.1, 0.15) is 11.5 Å². The van der Waals surface area contributed by atoms with Gasteiger partial charge in [0.25, 0.3) is 11.8 Å². The molecule has 0 aliphatic carbocycles. The number of amides is 2. The standard InChI is InChI=1S/C23H19NO3/c1-15(2)16-8-13-20-21(14-16)23(26)24(22(20)25)17-9-11-19(12-10-17)27-18-6-4-3-5-7-18/h3-15H,1-2H3. The summed E-state index contributed by atoms with van der Waals surface area (Å²) in [6.45, 7) is 4.12. The second-order valence-electron chi connectivity index (χ2n) is 6.81. The van der Waals surface area contributed by atoms with Crippen molar-refractivity contribution < 1.29 is 14.3 Å². The van der Waals surface area contributed by atoms with Crippen LogP contribution in [0.2, 0.25) is 0 Å². The van der Waals surface area contributed by atoms with Gasteiger partial charge in [-0.3, -0.25) is 9.59 Å². The molecule has 0 saturated heterocycles. The molecular weight excluding hydrogens is 338 g/mol. The van der Waals surface area contributed by atoms with Crippen LogP contribution >= 0.6 is 0 Å². The van der Waals surface area contributed by atoms with Crippen LogP contribution < -0.4 is 9.64 Å². The van der Waals surface area contributed by atoms with Gasteiger partial charge in [0.15, 0.2) is 0 Å². The van der Waals surface area contributed by atoms with Crippen molar-refractivity contribution in [3.05, 3.63) is 89.5 Å². The van der Waals surface area contributed by atoms with Crippen LogP contribution in [0.25, 0.3) is 0 Å². The van der Waals surface area contributed by atoms with Crippen LogP contribution in [0.3, 0.4) is 0 Å². The lowest BCUT2D eigenvalue weighted by molar-refractivity contribution is 0.0926. The van der Waals surface area contributed by atoms with Crippen molar-refractivity contribution in [2.45, 2.75) is 19.8 Å². The predicted molar refractivity (Wildman–Crippen MR) is 105 cm³/mol. The lowest BCUT2D eigenvalue weighted by Crippen LogP contribution is -2.29. The Morgan fingerprint density at radius 3 is 2.04 bits per heavy atom. The first-order chi connectivity index (χ1) is 13.0. The molecular formula is C23H19NO3. The number of imide groups is 1. The first-order valence-corrected chi connectivity index (χ1v) is 8.90. The summed E-state index contributed by atoms with van der Waals surface area (Å²) in [4.78, 5) is 26.8. The molecule has 0 N–H and O–H groups in total. The summed E-state index contributed by atoms with van der Waals surface area (Å²) in [6.07, 6.45) is 0. The fourth-order valence-electron chi connectivity index (χ4n) is 3.14. The van der Waals surface area contributed by atoms with E-state index in [-0.39, 0.29) is 11.8 Å². The summed E-state index contributed by atoms with van der Waals surface area (Å²) in [5, 5.41) is 0. The molecule has 4 nitrogen and oxygen atoms in total. The number of fused-ring (bicyclic) bond motifs is 1. The van der Waals surface area contributed by atoms with E-state index in [4.69, 9.17) is 4.74 Å². The number of hydrogen-bond acceptors (Lipinski definition) is 3. The van der Waals surface area contributed by atoms with Crippen molar-refractivity contribution in [1.82, 2.24) is 0 Å². The molecule has 0 fully saturated rings. The number of hydrogen-bond donors (Lipinski definition) is 0. The van der Waals surface area contributed by atoms with Crippen molar-refractivity contribution in [1.29, 1.82) is 0 Å². The normalized spacial score (nSPS) is 13.2. The lowest BCUT2D eigenvalue weighted by atomic mass is 9.98. The lowest BCUT2D eigenvalue weighted by Gasteiger charge is -2.14. The van der Waals surface area contributed by atoms with E-state index in [1.54, 1.807) is 30.3 Å². The van der Waals surface area contributed by atoms with Crippen LogP contribution in [0.15, 0.2) is 72.8 Å². The van der Waals surface area contributed by atoms with Crippen LogP contribution in [0.1, 0.15) is 46.0 Å². The molecule has 0 spiro atoms. The highest BCUT2D eigenvalue weighted by atomic mass is 16.5. The Morgan fingerprint density at radius 1 is 0.741 bits per heavy atom. The third kappa shape index (κ3) is 3.10. The molecule has 0 bridgehead atoms. The minimum absolute atomic E-state index is 0.283. The minimum Gasteiger partial charge on any atom is -0.457 e. The van der Waals surface area contributed by atoms with Gasteiger partial charge in [-0.15, -0.1) is 0 Å². The molecule has 1 aliphatic rings. The van der Waals surface area contributed by atoms with Gasteiger partial charge in [-0.05, 0) is 60.0 Å². The van der Waals surface area contributed by atoms with Crippen molar-refractivity contribution in [2.75, 3.05) is 4.90 Å². The van der Waals surface area contributed by atoms with E-state index in [0.29, 0.717) is 28.5 Å². The molecule has 0 atom stereocenters. The first-order valence-electron chi connectivity index (χ1n) is 8.90. The minimum atomic E-state index is -0.290. The predicted octanol–water partition coefficient (Wildman–Crippen LogP) is 5.40. The molecule has 27 heavy (non-hydrogen) atoms. The highest BCUT2D eigenvalue weighted by Crippen LogP contribution is 2.32. The second-order valence-corrected chi connectivity index (χ2v) is 6.81. The number of carbonyl (C=O) groups excluding carboxylic acids is 2. The van der Waals surface area contributed by atoms with Crippen LogP contribution in [0.4, 0.5) is 5.69 Å². The molecule has 1 heterocycles. The van der Waals surface area contributed by atoms with Gasteiger partial charge in [-0.2, -0.15) is 0 Å². The summed E-state index contributed by atoms with van der Waals surface area (Å²) in [6, 6.07) is 21.9. The molecule has 0 unspecified atom stereocenters. The maximum absolute atomic E-state index is 12.8. The fraction of sp³-hybridized carbons (Fsp3) is 0.130. The molecule has 134 valence electrons. The first kappa shape index (κ1) is 17.0. The smallest absolute Gasteiger partial charge is 0.266 e. The van der Waals surface area contributed by atoms with Crippen LogP contribution in [-0.2, 0) is 0 Å². The number of carbonyl (C=O) groups is 2. The van der Waals surface area contributed by atoms with Gasteiger partial charge in [-0.25, -0.2) is 4.90 Å². The van der Waals surface area contributed by atoms with Gasteiger partial charge < -0.3 is 4.74 Å². The Hall–Kier alpha value is -3.40. The van der Waals surface area contributed by atoms with E-state index in [2.05, 4.69) is 13.8 Å². The summed E-state index contributed by atoms with van der Waals surface area (Å²) < 4.78 is 5.77. The molecule has 0 radical (unpaired) electrons. The zero-order valence-corrected chi connectivity index (χ0v) is 15.2. The number of para-hydroxylation sites is 1. The fourth-order valence-corrected chi connectivity index (χ4v) is 3.14. The largest absolute Gasteiger partial charge is 0.457 e. The van der Waals surface area contributed by atoms with Crippen molar-refractivity contribution in [3.8, 4) is 11.5 Å². The molecule has 4 heteroatoms. The Morgan fingerprint density at radius 2 is 1.37 bits per heavy atom. The van der Waals surface area contributed by atoms with Crippen LogP contribution in [-0.4, -0.2) is 11.8 Å². The van der Waals surface area contributed by atoms with Crippen LogP contribution in [0, 0.1) is 0 Å². The number of nitrogens with zero attached hydrogens (tertiary/aromatic N) is 1. The molecule has 0 saturated carbocycles. The Bertz CT molecular complexity index is 1010. The van der Waals surface area contributed by atoms with E-state index in [1.165, 1.54) is 4.90 Å². The average Bonchev–Trinajstić information content (AvgIpc) is 2.93. The topological polar surface area (TPSA) is 46.6 Å². The Balaban J connectivity index is 1.60. The molecule has 2 amide bonds.